The van der Waals surface area contributed by atoms with Gasteiger partial charge in [-0.3, -0.25) is 14.8 Å². The molecule has 4 heterocycles. The van der Waals surface area contributed by atoms with E-state index >= 15 is 0 Å². The number of nitrogens with two attached hydrogens (primary N) is 1. The molecule has 38 heavy (non-hydrogen) atoms. The standard InChI is InChI=1S/C28H25ClFN7O/c29-18-5-8-21-22(12-18)25(26-23(30)2-1-10-32-26)33-13-17-14-34-28(36-24(17)21)35-20-6-3-16(4-7-20)27(38)37-11-9-19(31)15-37/h1-8,10,12,14,19,21-22H,9,11,13,15,31H2,(H,34,35,36). The van der Waals surface area contributed by atoms with Crippen LogP contribution in [0.3, 0.4) is 0 Å². The Morgan fingerprint density at radius 1 is 1.16 bits per heavy atom. The van der Waals surface area contributed by atoms with Gasteiger partial charge < -0.3 is 16.0 Å². The van der Waals surface area contributed by atoms with Crippen LogP contribution in [0.1, 0.15) is 39.6 Å². The van der Waals surface area contributed by atoms with E-state index in [0.717, 1.165) is 23.4 Å². The van der Waals surface area contributed by atoms with Crippen molar-refractivity contribution in [2.75, 3.05) is 18.4 Å². The fraction of sp³-hybridized carbons (Fsp3) is 0.250. The Hall–Kier alpha value is -3.95. The molecule has 192 valence electrons. The van der Waals surface area contributed by atoms with Crippen molar-refractivity contribution in [1.82, 2.24) is 19.9 Å². The van der Waals surface area contributed by atoms with Gasteiger partial charge in [-0.1, -0.05) is 23.8 Å². The number of nitrogens with zero attached hydrogens (tertiary/aromatic N) is 5. The van der Waals surface area contributed by atoms with Gasteiger partial charge in [0.1, 0.15) is 5.69 Å². The van der Waals surface area contributed by atoms with Crippen molar-refractivity contribution in [3.63, 3.8) is 0 Å². The van der Waals surface area contributed by atoms with Crippen LogP contribution in [0.25, 0.3) is 0 Å². The number of halogens is 2. The van der Waals surface area contributed by atoms with Crippen molar-refractivity contribution in [3.8, 4) is 0 Å². The number of hydrogen-bond acceptors (Lipinski definition) is 7. The van der Waals surface area contributed by atoms with Crippen LogP contribution in [-0.4, -0.2) is 50.6 Å². The normalized spacial score (nSPS) is 22.2. The van der Waals surface area contributed by atoms with Gasteiger partial charge in [0.25, 0.3) is 5.91 Å². The molecule has 3 atom stereocenters. The molecule has 0 radical (unpaired) electrons. The Balaban J connectivity index is 1.26. The topological polar surface area (TPSA) is 109 Å². The first kappa shape index (κ1) is 24.4. The van der Waals surface area contributed by atoms with E-state index < -0.39 is 5.82 Å². The average molecular weight is 530 g/mol. The third-order valence-corrected chi connectivity index (χ3v) is 7.29. The lowest BCUT2D eigenvalue weighted by Gasteiger charge is -2.25. The van der Waals surface area contributed by atoms with E-state index in [2.05, 4.69) is 15.3 Å². The maximum atomic E-state index is 14.7. The van der Waals surface area contributed by atoms with Crippen LogP contribution in [0.4, 0.5) is 16.0 Å². The number of anilines is 2. The minimum Gasteiger partial charge on any atom is -0.337 e. The van der Waals surface area contributed by atoms with E-state index in [1.807, 2.05) is 30.4 Å². The Morgan fingerprint density at radius 3 is 2.76 bits per heavy atom. The predicted molar refractivity (Wildman–Crippen MR) is 144 cm³/mol. The third-order valence-electron chi connectivity index (χ3n) is 7.04. The molecule has 0 bridgehead atoms. The number of pyridine rings is 1. The van der Waals surface area contributed by atoms with Gasteiger partial charge >= 0.3 is 0 Å². The number of rotatable bonds is 4. The molecular weight excluding hydrogens is 505 g/mol. The molecule has 1 amide bonds. The van der Waals surface area contributed by atoms with E-state index in [1.54, 1.807) is 35.5 Å². The predicted octanol–water partition coefficient (Wildman–Crippen LogP) is 4.32. The van der Waals surface area contributed by atoms with Crippen molar-refractivity contribution in [2.45, 2.75) is 24.9 Å². The maximum Gasteiger partial charge on any atom is 0.253 e. The van der Waals surface area contributed by atoms with Crippen molar-refractivity contribution < 1.29 is 9.18 Å². The van der Waals surface area contributed by atoms with Crippen LogP contribution < -0.4 is 11.1 Å². The molecule has 0 spiro atoms. The summed E-state index contributed by atoms with van der Waals surface area (Å²) in [5.74, 6) is -0.588. The van der Waals surface area contributed by atoms with Crippen LogP contribution in [0.2, 0.25) is 0 Å². The fourth-order valence-corrected chi connectivity index (χ4v) is 5.32. The Bertz CT molecular complexity index is 1490. The Morgan fingerprint density at radius 2 is 2.00 bits per heavy atom. The second-order valence-corrected chi connectivity index (χ2v) is 10.0. The smallest absolute Gasteiger partial charge is 0.253 e. The lowest BCUT2D eigenvalue weighted by atomic mass is 9.81. The van der Waals surface area contributed by atoms with Gasteiger partial charge in [-0.2, -0.15) is 0 Å². The third kappa shape index (κ3) is 4.70. The second kappa shape index (κ2) is 10.1. The first-order chi connectivity index (χ1) is 18.5. The van der Waals surface area contributed by atoms with Gasteiger partial charge in [-0.15, -0.1) is 0 Å². The Labute approximate surface area is 224 Å². The van der Waals surface area contributed by atoms with Crippen LogP contribution in [0, 0.1) is 11.7 Å². The molecule has 8 nitrogen and oxygen atoms in total. The van der Waals surface area contributed by atoms with Gasteiger partial charge in [-0.05, 0) is 48.9 Å². The highest BCUT2D eigenvalue weighted by atomic mass is 35.5. The minimum atomic E-state index is -0.432. The van der Waals surface area contributed by atoms with Crippen molar-refractivity contribution in [3.05, 3.63) is 100 Å². The van der Waals surface area contributed by atoms with Crippen LogP contribution in [-0.2, 0) is 6.54 Å². The molecule has 1 aromatic carbocycles. The quantitative estimate of drug-likeness (QED) is 0.521. The van der Waals surface area contributed by atoms with Crippen molar-refractivity contribution >= 4 is 34.9 Å². The van der Waals surface area contributed by atoms with Gasteiger partial charge in [0, 0.05) is 65.2 Å². The summed E-state index contributed by atoms with van der Waals surface area (Å²) in [7, 11) is 0. The number of carbonyl (C=O) groups is 1. The highest BCUT2D eigenvalue weighted by Gasteiger charge is 2.34. The average Bonchev–Trinajstić information content (AvgIpc) is 3.30. The van der Waals surface area contributed by atoms with E-state index in [-0.39, 0.29) is 29.5 Å². The molecule has 6 rings (SSSR count). The summed E-state index contributed by atoms with van der Waals surface area (Å²) < 4.78 is 14.7. The monoisotopic (exact) mass is 529 g/mol. The lowest BCUT2D eigenvalue weighted by molar-refractivity contribution is 0.0791. The van der Waals surface area contributed by atoms with E-state index in [9.17, 15) is 9.18 Å². The molecule has 3 aromatic rings. The zero-order valence-corrected chi connectivity index (χ0v) is 21.1. The summed E-state index contributed by atoms with van der Waals surface area (Å²) in [6.45, 7) is 1.56. The molecule has 3 unspecified atom stereocenters. The molecule has 10 heteroatoms. The lowest BCUT2D eigenvalue weighted by Crippen LogP contribution is -2.31. The van der Waals surface area contributed by atoms with Gasteiger partial charge in [0.2, 0.25) is 5.95 Å². The Kier molecular flexibility index (Phi) is 6.47. The summed E-state index contributed by atoms with van der Waals surface area (Å²) >= 11 is 6.36. The number of fused-ring (bicyclic) bond motifs is 3. The van der Waals surface area contributed by atoms with Crippen LogP contribution in [0.15, 0.2) is 77.0 Å². The number of carbonyl (C=O) groups excluding carboxylic acids is 1. The SMILES string of the molecule is NC1CCN(C(=O)c2ccc(Nc3ncc4c(n3)C3C=CC(Cl)=CC3C(c3ncccc3F)=NC4)cc2)C1. The van der Waals surface area contributed by atoms with Crippen molar-refractivity contribution in [1.29, 1.82) is 0 Å². The first-order valence-electron chi connectivity index (χ1n) is 12.4. The summed E-state index contributed by atoms with van der Waals surface area (Å²) in [6, 6.07) is 10.2. The number of nitrogens with one attached hydrogen (secondary N) is 1. The summed E-state index contributed by atoms with van der Waals surface area (Å²) in [5.41, 5.74) is 9.68. The number of hydrogen-bond donors (Lipinski definition) is 2. The van der Waals surface area contributed by atoms with Crippen LogP contribution in [0.5, 0.6) is 0 Å². The molecule has 2 aliphatic heterocycles. The molecular formula is C28H25ClFN7O. The number of amides is 1. The molecule has 0 saturated carbocycles. The molecule has 2 aromatic heterocycles. The minimum absolute atomic E-state index is 0.0206. The number of allylic oxidation sites excluding steroid dienone is 4. The number of benzene rings is 1. The summed E-state index contributed by atoms with van der Waals surface area (Å²) in [6.07, 6.45) is 9.77. The van der Waals surface area contributed by atoms with E-state index in [4.69, 9.17) is 27.3 Å². The first-order valence-corrected chi connectivity index (χ1v) is 12.8. The van der Waals surface area contributed by atoms with Gasteiger partial charge in [0.15, 0.2) is 5.82 Å². The second-order valence-electron chi connectivity index (χ2n) is 9.60. The van der Waals surface area contributed by atoms with E-state index in [1.165, 1.54) is 6.07 Å². The summed E-state index contributed by atoms with van der Waals surface area (Å²) in [5, 5.41) is 3.78. The van der Waals surface area contributed by atoms with Crippen LogP contribution >= 0.6 is 11.6 Å². The molecule has 1 aliphatic carbocycles. The number of aromatic nitrogens is 3. The van der Waals surface area contributed by atoms with E-state index in [0.29, 0.717) is 41.9 Å². The number of likely N-dealkylation sites (tertiary alicyclic amines) is 1. The molecule has 3 N–H and O–H groups in total. The number of aliphatic imine (C=N–C) groups is 1. The molecule has 1 saturated heterocycles. The zero-order chi connectivity index (χ0) is 26.2. The zero-order valence-electron chi connectivity index (χ0n) is 20.4. The highest BCUT2D eigenvalue weighted by Crippen LogP contribution is 2.39. The fourth-order valence-electron chi connectivity index (χ4n) is 5.11. The maximum absolute atomic E-state index is 14.7. The molecule has 3 aliphatic rings. The summed E-state index contributed by atoms with van der Waals surface area (Å²) in [4.78, 5) is 32.8. The van der Waals surface area contributed by atoms with Crippen molar-refractivity contribution in [2.24, 2.45) is 16.6 Å². The van der Waals surface area contributed by atoms with Gasteiger partial charge in [0.05, 0.1) is 18.0 Å². The largest absolute Gasteiger partial charge is 0.337 e. The highest BCUT2D eigenvalue weighted by molar-refractivity contribution is 6.31. The van der Waals surface area contributed by atoms with Gasteiger partial charge in [-0.25, -0.2) is 14.4 Å². The molecule has 1 fully saturated rings.